The second kappa shape index (κ2) is 10.1. The van der Waals surface area contributed by atoms with Crippen molar-refractivity contribution in [2.75, 3.05) is 52.9 Å². The molecule has 9 heteroatoms. The van der Waals surface area contributed by atoms with Crippen LogP contribution in [0.4, 0.5) is 0 Å². The van der Waals surface area contributed by atoms with Crippen LogP contribution in [0.15, 0.2) is 36.5 Å². The van der Waals surface area contributed by atoms with Crippen LogP contribution in [0.3, 0.4) is 0 Å². The first-order valence-corrected chi connectivity index (χ1v) is 11.8. The number of likely N-dealkylation sites (N-methyl/N-ethyl adjacent to an activating group) is 1. The molecule has 2 saturated heterocycles. The van der Waals surface area contributed by atoms with Crippen molar-refractivity contribution in [2.24, 2.45) is 12.5 Å². The summed E-state index contributed by atoms with van der Waals surface area (Å²) < 4.78 is 7.78. The van der Waals surface area contributed by atoms with Gasteiger partial charge in [0, 0.05) is 69.4 Å². The predicted molar refractivity (Wildman–Crippen MR) is 126 cm³/mol. The summed E-state index contributed by atoms with van der Waals surface area (Å²) in [5.41, 5.74) is -0.0414. The van der Waals surface area contributed by atoms with Crippen LogP contribution in [-0.4, -0.2) is 89.2 Å². The summed E-state index contributed by atoms with van der Waals surface area (Å²) in [4.78, 5) is 32.4. The Hall–Kier alpha value is -2.58. The summed E-state index contributed by atoms with van der Waals surface area (Å²) >= 11 is 6.13. The largest absolute Gasteiger partial charge is 0.493 e. The quantitative estimate of drug-likeness (QED) is 0.644. The number of piperidine rings is 1. The first kappa shape index (κ1) is 23.6. The molecular formula is C24H32ClN5O3. The number of halogens is 1. The molecule has 0 unspecified atom stereocenters. The molecule has 2 fully saturated rings. The lowest BCUT2D eigenvalue weighted by Crippen LogP contribution is -2.53. The van der Waals surface area contributed by atoms with Crippen LogP contribution in [-0.2, 0) is 11.8 Å². The number of hydrogen-bond acceptors (Lipinski definition) is 5. The van der Waals surface area contributed by atoms with Crippen molar-refractivity contribution in [1.29, 1.82) is 0 Å². The molecular weight excluding hydrogens is 442 g/mol. The maximum atomic E-state index is 13.3. The molecule has 2 aromatic rings. The van der Waals surface area contributed by atoms with E-state index in [-0.39, 0.29) is 11.8 Å². The van der Waals surface area contributed by atoms with E-state index >= 15 is 0 Å². The van der Waals surface area contributed by atoms with Gasteiger partial charge in [-0.05, 0) is 44.2 Å². The van der Waals surface area contributed by atoms with Crippen LogP contribution in [0, 0.1) is 5.41 Å². The predicted octanol–water partition coefficient (Wildman–Crippen LogP) is 2.54. The van der Waals surface area contributed by atoms with Gasteiger partial charge in [-0.2, -0.15) is 5.10 Å². The van der Waals surface area contributed by atoms with Crippen molar-refractivity contribution in [3.63, 3.8) is 0 Å². The highest BCUT2D eigenvalue weighted by atomic mass is 35.5. The van der Waals surface area contributed by atoms with Gasteiger partial charge in [0.15, 0.2) is 0 Å². The zero-order valence-electron chi connectivity index (χ0n) is 19.4. The molecule has 0 aliphatic carbocycles. The highest BCUT2D eigenvalue weighted by molar-refractivity contribution is 6.30. The molecule has 0 spiro atoms. The molecule has 1 atom stereocenters. The van der Waals surface area contributed by atoms with Crippen LogP contribution in [0.1, 0.15) is 29.8 Å². The molecule has 0 N–H and O–H groups in total. The van der Waals surface area contributed by atoms with Crippen molar-refractivity contribution in [3.05, 3.63) is 47.2 Å². The van der Waals surface area contributed by atoms with Crippen LogP contribution in [0.2, 0.25) is 5.02 Å². The average Bonchev–Trinajstić information content (AvgIpc) is 3.24. The molecule has 2 aliphatic heterocycles. The summed E-state index contributed by atoms with van der Waals surface area (Å²) in [7, 11) is 3.87. The minimum atomic E-state index is -0.467. The number of nitrogens with zero attached hydrogens (tertiary/aromatic N) is 5. The van der Waals surface area contributed by atoms with Crippen LogP contribution in [0.25, 0.3) is 0 Å². The Morgan fingerprint density at radius 3 is 2.58 bits per heavy atom. The van der Waals surface area contributed by atoms with Gasteiger partial charge >= 0.3 is 0 Å². The highest BCUT2D eigenvalue weighted by Crippen LogP contribution is 2.36. The summed E-state index contributed by atoms with van der Waals surface area (Å²) in [6.45, 7) is 4.68. The average molecular weight is 474 g/mol. The van der Waals surface area contributed by atoms with E-state index in [1.165, 1.54) is 0 Å². The number of hydrogen-bond donors (Lipinski definition) is 0. The Kier molecular flexibility index (Phi) is 7.24. The Labute approximate surface area is 200 Å². The topological polar surface area (TPSA) is 70.9 Å². The number of aryl methyl sites for hydroxylation is 1. The zero-order valence-corrected chi connectivity index (χ0v) is 20.1. The molecule has 2 amide bonds. The second-order valence-corrected chi connectivity index (χ2v) is 9.75. The molecule has 33 heavy (non-hydrogen) atoms. The monoisotopic (exact) mass is 473 g/mol. The van der Waals surface area contributed by atoms with Crippen molar-refractivity contribution in [1.82, 2.24) is 24.5 Å². The molecule has 2 aliphatic rings. The molecule has 3 heterocycles. The number of ether oxygens (including phenoxy) is 1. The summed E-state index contributed by atoms with van der Waals surface area (Å²) in [5, 5.41) is 4.88. The number of likely N-dealkylation sites (tertiary alicyclic amines) is 1. The number of carbonyl (C=O) groups is 2. The summed E-state index contributed by atoms with van der Waals surface area (Å²) in [6, 6.07) is 9.02. The summed E-state index contributed by atoms with van der Waals surface area (Å²) in [5.74, 6) is 0.696. The van der Waals surface area contributed by atoms with Gasteiger partial charge in [0.2, 0.25) is 5.91 Å². The number of piperazine rings is 1. The first-order valence-electron chi connectivity index (χ1n) is 11.5. The third-order valence-corrected chi connectivity index (χ3v) is 6.84. The van der Waals surface area contributed by atoms with Gasteiger partial charge in [0.1, 0.15) is 11.4 Å². The molecule has 8 nitrogen and oxygen atoms in total. The number of rotatable bonds is 6. The zero-order chi connectivity index (χ0) is 23.4. The lowest BCUT2D eigenvalue weighted by molar-refractivity contribution is -0.137. The lowest BCUT2D eigenvalue weighted by atomic mass is 9.77. The molecule has 0 radical (unpaired) electrons. The Bertz CT molecular complexity index is 988. The highest BCUT2D eigenvalue weighted by Gasteiger charge is 2.41. The number of aromatic nitrogens is 2. The first-order chi connectivity index (χ1) is 15.8. The number of amides is 2. The minimum Gasteiger partial charge on any atom is -0.493 e. The third kappa shape index (κ3) is 5.86. The molecule has 0 bridgehead atoms. The summed E-state index contributed by atoms with van der Waals surface area (Å²) in [6.07, 6.45) is 3.75. The van der Waals surface area contributed by atoms with E-state index in [9.17, 15) is 9.59 Å². The standard InChI is InChI=1S/C24H32ClN5O3/c1-27-11-13-29(14-12-27)22(31)16-24(18-33-20-6-3-5-19(25)15-20)8-4-9-30(17-24)23(32)21-7-10-28(2)26-21/h3,5-7,10,15H,4,8-9,11-14,16-18H2,1-2H3/t24-/m1/s1. The van der Waals surface area contributed by atoms with Gasteiger partial charge in [0.05, 0.1) is 6.61 Å². The maximum Gasteiger partial charge on any atom is 0.274 e. The van der Waals surface area contributed by atoms with E-state index in [1.54, 1.807) is 36.1 Å². The van der Waals surface area contributed by atoms with E-state index in [2.05, 4.69) is 17.0 Å². The smallest absolute Gasteiger partial charge is 0.274 e. The Morgan fingerprint density at radius 2 is 1.88 bits per heavy atom. The Balaban J connectivity index is 1.52. The van der Waals surface area contributed by atoms with Crippen molar-refractivity contribution < 1.29 is 14.3 Å². The number of benzene rings is 1. The van der Waals surface area contributed by atoms with E-state index < -0.39 is 5.41 Å². The lowest BCUT2D eigenvalue weighted by Gasteiger charge is -2.43. The number of carbonyl (C=O) groups excluding carboxylic acids is 2. The minimum absolute atomic E-state index is 0.102. The van der Waals surface area contributed by atoms with Gasteiger partial charge in [-0.25, -0.2) is 0 Å². The van der Waals surface area contributed by atoms with Crippen molar-refractivity contribution in [2.45, 2.75) is 19.3 Å². The van der Waals surface area contributed by atoms with Crippen LogP contribution >= 0.6 is 11.6 Å². The molecule has 0 saturated carbocycles. The maximum absolute atomic E-state index is 13.3. The SMILES string of the molecule is CN1CCN(C(=O)C[C@]2(COc3cccc(Cl)c3)CCCN(C(=O)c3ccn(C)n3)C2)CC1. The van der Waals surface area contributed by atoms with Crippen LogP contribution in [0.5, 0.6) is 5.75 Å². The Morgan fingerprint density at radius 1 is 1.09 bits per heavy atom. The van der Waals surface area contributed by atoms with E-state index in [4.69, 9.17) is 16.3 Å². The molecule has 178 valence electrons. The van der Waals surface area contributed by atoms with Gasteiger partial charge in [-0.15, -0.1) is 0 Å². The molecule has 4 rings (SSSR count). The van der Waals surface area contributed by atoms with Crippen LogP contribution < -0.4 is 4.74 Å². The fourth-order valence-electron chi connectivity index (χ4n) is 4.67. The van der Waals surface area contributed by atoms with Crippen molar-refractivity contribution >= 4 is 23.4 Å². The molecule has 1 aromatic heterocycles. The van der Waals surface area contributed by atoms with E-state index in [1.807, 2.05) is 21.9 Å². The van der Waals surface area contributed by atoms with Gasteiger partial charge < -0.3 is 19.4 Å². The van der Waals surface area contributed by atoms with Crippen molar-refractivity contribution in [3.8, 4) is 5.75 Å². The van der Waals surface area contributed by atoms with Gasteiger partial charge in [-0.3, -0.25) is 14.3 Å². The normalized spacial score (nSPS) is 21.8. The molecule has 1 aromatic carbocycles. The van der Waals surface area contributed by atoms with E-state index in [0.717, 1.165) is 39.0 Å². The second-order valence-electron chi connectivity index (χ2n) is 9.31. The van der Waals surface area contributed by atoms with E-state index in [0.29, 0.717) is 42.6 Å². The van der Waals surface area contributed by atoms with Gasteiger partial charge in [0.25, 0.3) is 5.91 Å². The van der Waals surface area contributed by atoms with Gasteiger partial charge in [-0.1, -0.05) is 17.7 Å². The fraction of sp³-hybridized carbons (Fsp3) is 0.542. The third-order valence-electron chi connectivity index (χ3n) is 6.60. The fourth-order valence-corrected chi connectivity index (χ4v) is 4.85.